The lowest BCUT2D eigenvalue weighted by Crippen LogP contribution is -2.52. The first-order valence-electron chi connectivity index (χ1n) is 8.08. The van der Waals surface area contributed by atoms with E-state index >= 15 is 0 Å². The Labute approximate surface area is 154 Å². The van der Waals surface area contributed by atoms with Gasteiger partial charge in [0.25, 0.3) is 11.6 Å². The van der Waals surface area contributed by atoms with E-state index in [4.69, 9.17) is 11.6 Å². The van der Waals surface area contributed by atoms with Crippen LogP contribution in [0.3, 0.4) is 0 Å². The van der Waals surface area contributed by atoms with Crippen molar-refractivity contribution in [3.63, 3.8) is 0 Å². The predicted molar refractivity (Wildman–Crippen MR) is 97.0 cm³/mol. The number of nitro benzene ring substituents is 1. The number of rotatable bonds is 3. The molecular weight excluding hydrogens is 356 g/mol. The molecule has 2 aliphatic heterocycles. The van der Waals surface area contributed by atoms with Crippen LogP contribution in [-0.2, 0) is 4.79 Å². The van der Waals surface area contributed by atoms with Crippen LogP contribution in [0.15, 0.2) is 54.6 Å². The fourth-order valence-electron chi connectivity index (χ4n) is 3.30. The van der Waals surface area contributed by atoms with Gasteiger partial charge in [0.15, 0.2) is 0 Å². The van der Waals surface area contributed by atoms with Crippen molar-refractivity contribution < 1.29 is 9.72 Å². The SMILES string of the molecule is O=C1C=C(c2ccc([N+](=O)[O-])cc2)NC2C(c3ccc(Cl)cc3)CNN12. The van der Waals surface area contributed by atoms with Gasteiger partial charge in [0.1, 0.15) is 6.17 Å². The van der Waals surface area contributed by atoms with Crippen molar-refractivity contribution in [3.8, 4) is 0 Å². The highest BCUT2D eigenvalue weighted by Crippen LogP contribution is 2.31. The molecule has 8 heteroatoms. The zero-order valence-corrected chi connectivity index (χ0v) is 14.3. The van der Waals surface area contributed by atoms with E-state index in [1.165, 1.54) is 18.2 Å². The fourth-order valence-corrected chi connectivity index (χ4v) is 3.43. The van der Waals surface area contributed by atoms with Crippen molar-refractivity contribution >= 4 is 28.9 Å². The quantitative estimate of drug-likeness (QED) is 0.640. The van der Waals surface area contributed by atoms with Crippen molar-refractivity contribution in [1.29, 1.82) is 0 Å². The average molecular weight is 371 g/mol. The number of carbonyl (C=O) groups excluding carboxylic acids is 1. The molecule has 0 radical (unpaired) electrons. The molecule has 1 saturated heterocycles. The van der Waals surface area contributed by atoms with Crippen molar-refractivity contribution in [2.45, 2.75) is 12.1 Å². The van der Waals surface area contributed by atoms with E-state index in [1.807, 2.05) is 24.3 Å². The Balaban J connectivity index is 1.62. The number of benzene rings is 2. The van der Waals surface area contributed by atoms with Crippen LogP contribution >= 0.6 is 11.6 Å². The van der Waals surface area contributed by atoms with Gasteiger partial charge in [-0.2, -0.15) is 0 Å². The Morgan fingerprint density at radius 2 is 1.81 bits per heavy atom. The maximum atomic E-state index is 12.5. The summed E-state index contributed by atoms with van der Waals surface area (Å²) in [5, 5.41) is 16.4. The second-order valence-electron chi connectivity index (χ2n) is 6.18. The number of non-ortho nitro benzene ring substituents is 1. The lowest BCUT2D eigenvalue weighted by Gasteiger charge is -2.33. The lowest BCUT2D eigenvalue weighted by molar-refractivity contribution is -0.384. The third-order valence-corrected chi connectivity index (χ3v) is 4.89. The average Bonchev–Trinajstić information content (AvgIpc) is 3.07. The molecule has 4 rings (SSSR count). The number of amides is 1. The second kappa shape index (κ2) is 6.44. The first kappa shape index (κ1) is 16.6. The van der Waals surface area contributed by atoms with E-state index in [0.29, 0.717) is 17.3 Å². The van der Waals surface area contributed by atoms with Gasteiger partial charge in [0.05, 0.1) is 4.92 Å². The molecule has 2 aromatic carbocycles. The molecule has 7 nitrogen and oxygen atoms in total. The molecule has 0 saturated carbocycles. The maximum absolute atomic E-state index is 12.5. The van der Waals surface area contributed by atoms with Gasteiger partial charge >= 0.3 is 0 Å². The van der Waals surface area contributed by atoms with Crippen LogP contribution in [0, 0.1) is 10.1 Å². The Hall–Kier alpha value is -2.90. The molecule has 1 fully saturated rings. The van der Waals surface area contributed by atoms with E-state index in [1.54, 1.807) is 17.1 Å². The third kappa shape index (κ3) is 2.91. The van der Waals surface area contributed by atoms with Gasteiger partial charge in [0.2, 0.25) is 0 Å². The summed E-state index contributed by atoms with van der Waals surface area (Å²) >= 11 is 5.96. The van der Waals surface area contributed by atoms with E-state index in [-0.39, 0.29) is 23.7 Å². The lowest BCUT2D eigenvalue weighted by atomic mass is 9.95. The Morgan fingerprint density at radius 1 is 1.12 bits per heavy atom. The van der Waals surface area contributed by atoms with Crippen LogP contribution in [0.25, 0.3) is 5.70 Å². The van der Waals surface area contributed by atoms with E-state index in [9.17, 15) is 14.9 Å². The topological polar surface area (TPSA) is 87.5 Å². The summed E-state index contributed by atoms with van der Waals surface area (Å²) in [4.78, 5) is 22.8. The molecule has 0 aliphatic carbocycles. The standard InChI is InChI=1S/C18H15ClN4O3/c19-13-5-1-11(2-6-13)15-10-20-22-17(24)9-16(21-18(15)22)12-3-7-14(8-4-12)23(25)26/h1-9,15,18,20-21H,10H2. The Morgan fingerprint density at radius 3 is 2.46 bits per heavy atom. The van der Waals surface area contributed by atoms with Crippen molar-refractivity contribution in [2.75, 3.05) is 6.54 Å². The molecule has 2 atom stereocenters. The predicted octanol–water partition coefficient (Wildman–Crippen LogP) is 2.65. The van der Waals surface area contributed by atoms with Crippen molar-refractivity contribution in [1.82, 2.24) is 15.8 Å². The first-order chi connectivity index (χ1) is 12.5. The van der Waals surface area contributed by atoms with Gasteiger partial charge < -0.3 is 5.32 Å². The summed E-state index contributed by atoms with van der Waals surface area (Å²) in [6.45, 7) is 0.617. The highest BCUT2D eigenvalue weighted by molar-refractivity contribution is 6.30. The molecule has 26 heavy (non-hydrogen) atoms. The van der Waals surface area contributed by atoms with Crippen LogP contribution in [0.4, 0.5) is 5.69 Å². The third-order valence-electron chi connectivity index (χ3n) is 4.64. The summed E-state index contributed by atoms with van der Waals surface area (Å²) in [7, 11) is 0. The summed E-state index contributed by atoms with van der Waals surface area (Å²) in [6, 6.07) is 13.7. The zero-order chi connectivity index (χ0) is 18.3. The summed E-state index contributed by atoms with van der Waals surface area (Å²) < 4.78 is 0. The minimum atomic E-state index is -0.448. The minimum absolute atomic E-state index is 0.0136. The van der Waals surface area contributed by atoms with E-state index < -0.39 is 4.92 Å². The van der Waals surface area contributed by atoms with E-state index in [0.717, 1.165) is 11.1 Å². The number of halogens is 1. The largest absolute Gasteiger partial charge is 0.363 e. The van der Waals surface area contributed by atoms with Gasteiger partial charge in [0, 0.05) is 41.4 Å². The summed E-state index contributed by atoms with van der Waals surface area (Å²) in [5.41, 5.74) is 5.58. The molecule has 1 amide bonds. The molecule has 0 spiro atoms. The Bertz CT molecular complexity index is 896. The second-order valence-corrected chi connectivity index (χ2v) is 6.62. The molecule has 2 aliphatic rings. The molecule has 0 bridgehead atoms. The number of fused-ring (bicyclic) bond motifs is 1. The van der Waals surface area contributed by atoms with Crippen LogP contribution in [0.5, 0.6) is 0 Å². The van der Waals surface area contributed by atoms with Crippen LogP contribution in [-0.4, -0.2) is 28.5 Å². The first-order valence-corrected chi connectivity index (χ1v) is 8.46. The normalized spacial score (nSPS) is 21.8. The highest BCUT2D eigenvalue weighted by Gasteiger charge is 2.40. The number of nitrogens with zero attached hydrogens (tertiary/aromatic N) is 2. The van der Waals surface area contributed by atoms with Gasteiger partial charge in [-0.1, -0.05) is 23.7 Å². The number of hydrogen-bond donors (Lipinski definition) is 2. The van der Waals surface area contributed by atoms with E-state index in [2.05, 4.69) is 10.7 Å². The molecule has 2 N–H and O–H groups in total. The van der Waals surface area contributed by atoms with Gasteiger partial charge in [-0.05, 0) is 35.4 Å². The molecular formula is C18H15ClN4O3. The minimum Gasteiger partial charge on any atom is -0.363 e. The van der Waals surface area contributed by atoms with Crippen molar-refractivity contribution in [3.05, 3.63) is 80.9 Å². The maximum Gasteiger partial charge on any atom is 0.269 e. The van der Waals surface area contributed by atoms with Crippen LogP contribution in [0.1, 0.15) is 17.0 Å². The molecule has 132 valence electrons. The molecule has 0 aromatic heterocycles. The van der Waals surface area contributed by atoms with Gasteiger partial charge in [-0.3, -0.25) is 19.9 Å². The van der Waals surface area contributed by atoms with Crippen LogP contribution < -0.4 is 10.7 Å². The molecule has 2 unspecified atom stereocenters. The number of hydrogen-bond acceptors (Lipinski definition) is 5. The monoisotopic (exact) mass is 370 g/mol. The van der Waals surface area contributed by atoms with Gasteiger partial charge in [-0.25, -0.2) is 5.43 Å². The van der Waals surface area contributed by atoms with Gasteiger partial charge in [-0.15, -0.1) is 0 Å². The van der Waals surface area contributed by atoms with Crippen molar-refractivity contribution in [2.24, 2.45) is 0 Å². The number of nitro groups is 1. The number of nitrogens with one attached hydrogen (secondary N) is 2. The highest BCUT2D eigenvalue weighted by atomic mass is 35.5. The number of hydrazine groups is 1. The summed E-state index contributed by atoms with van der Waals surface area (Å²) in [5.74, 6) is -0.100. The molecule has 2 aromatic rings. The fraction of sp³-hybridized carbons (Fsp3) is 0.167. The summed E-state index contributed by atoms with van der Waals surface area (Å²) in [6.07, 6.45) is 1.24. The number of carbonyl (C=O) groups is 1. The molecule has 2 heterocycles. The Kier molecular flexibility index (Phi) is 4.10. The smallest absolute Gasteiger partial charge is 0.269 e. The van der Waals surface area contributed by atoms with Crippen LogP contribution in [0.2, 0.25) is 5.02 Å². The zero-order valence-electron chi connectivity index (χ0n) is 13.6.